The van der Waals surface area contributed by atoms with Crippen LogP contribution in [0.4, 0.5) is 0 Å². The van der Waals surface area contributed by atoms with E-state index in [-0.39, 0.29) is 16.2 Å². The van der Waals surface area contributed by atoms with Crippen LogP contribution in [0.3, 0.4) is 0 Å². The molecule has 0 amide bonds. The Hall–Kier alpha value is -1.71. The summed E-state index contributed by atoms with van der Waals surface area (Å²) in [4.78, 5) is 6.81. The van der Waals surface area contributed by atoms with Gasteiger partial charge in [0.15, 0.2) is 0 Å². The van der Waals surface area contributed by atoms with Crippen LogP contribution in [0.15, 0.2) is 72.8 Å². The molecule has 3 N–H and O–H groups in total. The van der Waals surface area contributed by atoms with Crippen LogP contribution in [0, 0.1) is 0 Å². The SMILES string of the molecule is CN(C)C(CC(C)(C)O)C1(c2ccc(Cl)cc2)CCC1.CN(C)[C@@H](CC(C)(C)O)C1(c2ccc(Cl)cc2)CCC1.CN(C)[C@H](CC(C)(C)O)C1(c2ccc(Cl)cc2)CCC1. The zero-order valence-electron chi connectivity index (χ0n) is 39.0. The molecule has 0 bridgehead atoms. The van der Waals surface area contributed by atoms with Crippen LogP contribution in [0.1, 0.15) is 135 Å². The molecule has 0 aromatic heterocycles. The Balaban J connectivity index is 0.000000198. The van der Waals surface area contributed by atoms with E-state index >= 15 is 0 Å². The Morgan fingerprint density at radius 2 is 0.600 bits per heavy atom. The highest BCUT2D eigenvalue weighted by Crippen LogP contribution is 2.52. The van der Waals surface area contributed by atoms with E-state index in [0.717, 1.165) is 34.3 Å². The van der Waals surface area contributed by atoms with E-state index in [0.29, 0.717) is 18.1 Å². The second kappa shape index (κ2) is 20.4. The zero-order chi connectivity index (χ0) is 44.9. The number of rotatable bonds is 15. The summed E-state index contributed by atoms with van der Waals surface area (Å²) in [5, 5.41) is 33.1. The lowest BCUT2D eigenvalue weighted by molar-refractivity contribution is 0.00152. The summed E-state index contributed by atoms with van der Waals surface area (Å²) < 4.78 is 0. The summed E-state index contributed by atoms with van der Waals surface area (Å²) in [7, 11) is 12.7. The third-order valence-electron chi connectivity index (χ3n) is 13.9. The van der Waals surface area contributed by atoms with Crippen molar-refractivity contribution in [2.45, 2.75) is 170 Å². The van der Waals surface area contributed by atoms with Crippen LogP contribution in [-0.4, -0.2) is 107 Å². The van der Waals surface area contributed by atoms with Crippen LogP contribution < -0.4 is 0 Å². The van der Waals surface area contributed by atoms with Gasteiger partial charge >= 0.3 is 0 Å². The summed E-state index contributed by atoms with van der Waals surface area (Å²) in [5.74, 6) is 0. The lowest BCUT2D eigenvalue weighted by Crippen LogP contribution is -2.54. The molecule has 3 aliphatic rings. The molecule has 0 saturated heterocycles. The van der Waals surface area contributed by atoms with Crippen molar-refractivity contribution < 1.29 is 15.3 Å². The van der Waals surface area contributed by atoms with E-state index in [4.69, 9.17) is 34.8 Å². The molecular formula is C51H78Cl3N3O3. The van der Waals surface area contributed by atoms with Crippen LogP contribution in [0.25, 0.3) is 0 Å². The smallest absolute Gasteiger partial charge is 0.0607 e. The molecule has 1 unspecified atom stereocenters. The van der Waals surface area contributed by atoms with Crippen molar-refractivity contribution in [2.75, 3.05) is 42.3 Å². The normalized spacial score (nSPS) is 19.8. The molecule has 0 radical (unpaired) electrons. The Bertz CT molecular complexity index is 1540. The van der Waals surface area contributed by atoms with Gasteiger partial charge in [-0.1, -0.05) is 90.5 Å². The van der Waals surface area contributed by atoms with Gasteiger partial charge in [0.2, 0.25) is 0 Å². The standard InChI is InChI=1S/3C17H26ClNO/c3*1-16(2,20)12-15(19(3)4)17(10-5-11-17)13-6-8-14(18)9-7-13/h3*6-9,15,20H,5,10-12H2,1-4H3/t2*15-;/m10./s1. The molecule has 3 aromatic rings. The highest BCUT2D eigenvalue weighted by molar-refractivity contribution is 6.31. The monoisotopic (exact) mass is 886 g/mol. The van der Waals surface area contributed by atoms with E-state index in [9.17, 15) is 15.3 Å². The van der Waals surface area contributed by atoms with Crippen molar-refractivity contribution >= 4 is 34.8 Å². The number of likely N-dealkylation sites (N-methyl/N-ethyl adjacent to an activating group) is 3. The molecule has 0 spiro atoms. The van der Waals surface area contributed by atoms with Crippen molar-refractivity contribution in [3.05, 3.63) is 105 Å². The summed E-state index contributed by atoms with van der Waals surface area (Å²) in [5.41, 5.74) is 2.61. The fourth-order valence-electron chi connectivity index (χ4n) is 10.5. The molecule has 6 rings (SSSR count). The molecule has 3 saturated carbocycles. The predicted molar refractivity (Wildman–Crippen MR) is 256 cm³/mol. The van der Waals surface area contributed by atoms with Gasteiger partial charge in [-0.2, -0.15) is 0 Å². The predicted octanol–water partition coefficient (Wildman–Crippen LogP) is 11.6. The first-order valence-electron chi connectivity index (χ1n) is 22.2. The molecule has 3 aliphatic carbocycles. The topological polar surface area (TPSA) is 70.4 Å². The maximum Gasteiger partial charge on any atom is 0.0607 e. The summed E-state index contributed by atoms with van der Waals surface area (Å²) in [6.45, 7) is 11.4. The number of benzene rings is 3. The van der Waals surface area contributed by atoms with Gasteiger partial charge in [0.05, 0.1) is 16.8 Å². The summed E-state index contributed by atoms with van der Waals surface area (Å²) in [6, 6.07) is 25.8. The van der Waals surface area contributed by atoms with E-state index in [1.807, 2.05) is 77.9 Å². The van der Waals surface area contributed by atoms with Gasteiger partial charge in [-0.25, -0.2) is 0 Å². The van der Waals surface area contributed by atoms with E-state index in [1.54, 1.807) is 0 Å². The molecule has 9 heteroatoms. The number of halogens is 3. The van der Waals surface area contributed by atoms with Gasteiger partial charge in [-0.05, 0) is 195 Å². The van der Waals surface area contributed by atoms with Crippen LogP contribution >= 0.6 is 34.8 Å². The molecule has 6 nitrogen and oxygen atoms in total. The number of hydrogen-bond donors (Lipinski definition) is 3. The molecular weight excluding hydrogens is 809 g/mol. The van der Waals surface area contributed by atoms with Gasteiger partial charge in [-0.15, -0.1) is 0 Å². The Kier molecular flexibility index (Phi) is 17.3. The minimum atomic E-state index is -0.649. The van der Waals surface area contributed by atoms with Crippen molar-refractivity contribution in [1.82, 2.24) is 14.7 Å². The average Bonchev–Trinajstić information content (AvgIpc) is 3.07. The van der Waals surface area contributed by atoms with Gasteiger partial charge in [0, 0.05) is 49.4 Å². The van der Waals surface area contributed by atoms with E-state index < -0.39 is 16.8 Å². The Morgan fingerprint density at radius 3 is 0.717 bits per heavy atom. The largest absolute Gasteiger partial charge is 0.390 e. The third-order valence-corrected chi connectivity index (χ3v) is 14.6. The molecule has 336 valence electrons. The van der Waals surface area contributed by atoms with Crippen molar-refractivity contribution in [1.29, 1.82) is 0 Å². The fraction of sp³-hybridized carbons (Fsp3) is 0.647. The molecule has 3 aromatic carbocycles. The van der Waals surface area contributed by atoms with Crippen LogP contribution in [-0.2, 0) is 16.2 Å². The number of aliphatic hydroxyl groups is 3. The molecule has 0 aliphatic heterocycles. The van der Waals surface area contributed by atoms with Gasteiger partial charge in [0.25, 0.3) is 0 Å². The van der Waals surface area contributed by atoms with Gasteiger partial charge < -0.3 is 30.0 Å². The highest BCUT2D eigenvalue weighted by atomic mass is 35.5. The molecule has 3 fully saturated rings. The third kappa shape index (κ3) is 12.9. The molecule has 0 heterocycles. The maximum absolute atomic E-state index is 10.3. The van der Waals surface area contributed by atoms with Crippen LogP contribution in [0.2, 0.25) is 15.1 Å². The first kappa shape index (κ1) is 50.9. The van der Waals surface area contributed by atoms with Crippen molar-refractivity contribution in [3.8, 4) is 0 Å². The first-order valence-corrected chi connectivity index (χ1v) is 23.3. The minimum Gasteiger partial charge on any atom is -0.390 e. The zero-order valence-corrected chi connectivity index (χ0v) is 41.2. The number of nitrogens with zero attached hydrogens (tertiary/aromatic N) is 3. The Labute approximate surface area is 379 Å². The molecule has 60 heavy (non-hydrogen) atoms. The molecule has 3 atom stereocenters. The minimum absolute atomic E-state index is 0.161. The Morgan fingerprint density at radius 1 is 0.417 bits per heavy atom. The van der Waals surface area contributed by atoms with E-state index in [2.05, 4.69) is 93.4 Å². The second-order valence-corrected chi connectivity index (χ2v) is 22.3. The maximum atomic E-state index is 10.3. The summed E-state index contributed by atoms with van der Waals surface area (Å²) in [6.07, 6.45) is 13.3. The first-order chi connectivity index (χ1) is 27.7. The van der Waals surface area contributed by atoms with Gasteiger partial charge in [-0.3, -0.25) is 0 Å². The van der Waals surface area contributed by atoms with E-state index in [1.165, 1.54) is 74.5 Å². The lowest BCUT2D eigenvalue weighted by Gasteiger charge is -2.52. The van der Waals surface area contributed by atoms with Crippen LogP contribution in [0.5, 0.6) is 0 Å². The van der Waals surface area contributed by atoms with Gasteiger partial charge in [0.1, 0.15) is 0 Å². The van der Waals surface area contributed by atoms with Crippen molar-refractivity contribution in [3.63, 3.8) is 0 Å². The van der Waals surface area contributed by atoms with Crippen molar-refractivity contribution in [2.24, 2.45) is 0 Å². The average molecular weight is 888 g/mol. The summed E-state index contributed by atoms with van der Waals surface area (Å²) >= 11 is 18.1. The number of hydrogen-bond acceptors (Lipinski definition) is 6. The highest BCUT2D eigenvalue weighted by Gasteiger charge is 2.50. The quantitative estimate of drug-likeness (QED) is 0.141. The fourth-order valence-corrected chi connectivity index (χ4v) is 10.9. The lowest BCUT2D eigenvalue weighted by atomic mass is 9.58. The second-order valence-electron chi connectivity index (χ2n) is 21.0.